The second-order valence-corrected chi connectivity index (χ2v) is 6.08. The van der Waals surface area contributed by atoms with Crippen LogP contribution in [0.2, 0.25) is 0 Å². The van der Waals surface area contributed by atoms with Gasteiger partial charge in [-0.3, -0.25) is 0 Å². The van der Waals surface area contributed by atoms with Crippen LogP contribution in [0.15, 0.2) is 87.6 Å². The van der Waals surface area contributed by atoms with E-state index in [0.29, 0.717) is 0 Å². The summed E-state index contributed by atoms with van der Waals surface area (Å²) in [5.74, 6) is 0. The monoisotopic (exact) mass is 290 g/mol. The molecule has 3 heteroatoms. The minimum Gasteiger partial charge on any atom is -0.375 e. The molecule has 0 bridgehead atoms. The Hall–Kier alpha value is -2.26. The molecule has 1 heterocycles. The van der Waals surface area contributed by atoms with Gasteiger partial charge in [-0.2, -0.15) is 0 Å². The van der Waals surface area contributed by atoms with Gasteiger partial charge in [-0.25, -0.2) is 4.99 Å². The van der Waals surface area contributed by atoms with E-state index in [1.54, 1.807) is 11.8 Å². The summed E-state index contributed by atoms with van der Waals surface area (Å²) in [5, 5.41) is 3.51. The molecule has 0 amide bonds. The van der Waals surface area contributed by atoms with E-state index in [9.17, 15) is 0 Å². The van der Waals surface area contributed by atoms with Crippen LogP contribution < -0.4 is 5.32 Å². The number of hydrogen-bond donors (Lipinski definition) is 1. The molecule has 4 rings (SSSR count). The second-order valence-electron chi connectivity index (χ2n) is 4.99. The molecule has 0 spiro atoms. The van der Waals surface area contributed by atoms with Gasteiger partial charge in [0, 0.05) is 15.5 Å². The molecule has 2 aromatic rings. The Bertz CT molecular complexity index is 760. The van der Waals surface area contributed by atoms with Crippen molar-refractivity contribution in [3.63, 3.8) is 0 Å². The van der Waals surface area contributed by atoms with Gasteiger partial charge < -0.3 is 5.32 Å². The summed E-state index contributed by atoms with van der Waals surface area (Å²) in [6.07, 6.45) is 6.51. The molecule has 0 saturated carbocycles. The first-order chi connectivity index (χ1) is 10.4. The summed E-state index contributed by atoms with van der Waals surface area (Å²) < 4.78 is 0. The molecule has 1 atom stereocenters. The highest BCUT2D eigenvalue weighted by molar-refractivity contribution is 8.04. The largest absolute Gasteiger partial charge is 0.375 e. The lowest BCUT2D eigenvalue weighted by atomic mass is 10.1. The highest BCUT2D eigenvalue weighted by atomic mass is 32.2. The number of anilines is 1. The Kier molecular flexibility index (Phi) is 3.13. The van der Waals surface area contributed by atoms with E-state index in [1.807, 2.05) is 24.3 Å². The molecule has 1 N–H and O–H groups in total. The van der Waals surface area contributed by atoms with E-state index in [-0.39, 0.29) is 6.04 Å². The quantitative estimate of drug-likeness (QED) is 0.859. The first-order valence-electron chi connectivity index (χ1n) is 6.96. The second kappa shape index (κ2) is 5.26. The van der Waals surface area contributed by atoms with Crippen LogP contribution in [0.3, 0.4) is 0 Å². The van der Waals surface area contributed by atoms with Gasteiger partial charge in [0.05, 0.1) is 17.4 Å². The van der Waals surface area contributed by atoms with Gasteiger partial charge in [-0.05, 0) is 36.4 Å². The number of para-hydroxylation sites is 2. The van der Waals surface area contributed by atoms with Crippen LogP contribution in [0.5, 0.6) is 0 Å². The van der Waals surface area contributed by atoms with Crippen molar-refractivity contribution in [2.75, 3.05) is 5.32 Å². The van der Waals surface area contributed by atoms with Gasteiger partial charge in [0.25, 0.3) is 0 Å². The third kappa shape index (κ3) is 2.52. The zero-order chi connectivity index (χ0) is 14.1. The molecule has 1 aliphatic heterocycles. The summed E-state index contributed by atoms with van der Waals surface area (Å²) in [6, 6.07) is 18.8. The third-order valence-electron chi connectivity index (χ3n) is 3.48. The first-order valence-corrected chi connectivity index (χ1v) is 7.78. The standard InChI is InChI=1S/C18H14N2S/c1-2-6-13(7-3-1)19-14-10-11-16-18(12-14)21-17-9-5-4-8-15(17)20-16/h1-12,14,19H. The maximum atomic E-state index is 4.72. The fourth-order valence-electron chi connectivity index (χ4n) is 2.46. The number of benzene rings is 2. The lowest BCUT2D eigenvalue weighted by Gasteiger charge is -2.22. The summed E-state index contributed by atoms with van der Waals surface area (Å²) in [6.45, 7) is 0. The number of thioether (sulfide) groups is 1. The van der Waals surface area contributed by atoms with Crippen LogP contribution in [-0.4, -0.2) is 11.8 Å². The summed E-state index contributed by atoms with van der Waals surface area (Å²) in [4.78, 5) is 7.17. The fourth-order valence-corrected chi connectivity index (χ4v) is 3.50. The molecule has 1 unspecified atom stereocenters. The first kappa shape index (κ1) is 12.5. The Balaban J connectivity index is 1.61. The highest BCUT2D eigenvalue weighted by Gasteiger charge is 2.20. The minimum absolute atomic E-state index is 0.208. The predicted molar refractivity (Wildman–Crippen MR) is 90.5 cm³/mol. The van der Waals surface area contributed by atoms with Crippen LogP contribution in [-0.2, 0) is 0 Å². The average molecular weight is 290 g/mol. The number of rotatable bonds is 2. The zero-order valence-corrected chi connectivity index (χ0v) is 12.2. The minimum atomic E-state index is 0.208. The van der Waals surface area contributed by atoms with E-state index >= 15 is 0 Å². The van der Waals surface area contributed by atoms with Gasteiger partial charge in [0.15, 0.2) is 0 Å². The Morgan fingerprint density at radius 3 is 2.67 bits per heavy atom. The van der Waals surface area contributed by atoms with Crippen molar-refractivity contribution in [1.29, 1.82) is 0 Å². The molecular weight excluding hydrogens is 276 g/mol. The molecule has 0 radical (unpaired) electrons. The van der Waals surface area contributed by atoms with Gasteiger partial charge in [0.1, 0.15) is 0 Å². The van der Waals surface area contributed by atoms with Crippen LogP contribution in [0, 0.1) is 0 Å². The molecular formula is C18H14N2S. The van der Waals surface area contributed by atoms with Crippen molar-refractivity contribution < 1.29 is 0 Å². The van der Waals surface area contributed by atoms with Gasteiger partial charge in [-0.1, -0.05) is 48.2 Å². The average Bonchev–Trinajstić information content (AvgIpc) is 2.54. The lowest BCUT2D eigenvalue weighted by molar-refractivity contribution is 1.10. The SMILES string of the molecule is C1=CC(Nc2ccccc2)C=C2Sc3ccccc3N=C12. The topological polar surface area (TPSA) is 24.4 Å². The molecule has 0 fully saturated rings. The molecule has 2 aliphatic rings. The molecule has 0 aromatic heterocycles. The van der Waals surface area contributed by atoms with Crippen molar-refractivity contribution in [2.45, 2.75) is 10.9 Å². The number of nitrogens with zero attached hydrogens (tertiary/aromatic N) is 1. The van der Waals surface area contributed by atoms with Gasteiger partial charge in [-0.15, -0.1) is 0 Å². The Morgan fingerprint density at radius 1 is 0.952 bits per heavy atom. The van der Waals surface area contributed by atoms with Crippen molar-refractivity contribution in [3.05, 3.63) is 77.7 Å². The normalized spacial score (nSPS) is 19.1. The number of allylic oxidation sites excluding steroid dienone is 2. The van der Waals surface area contributed by atoms with Crippen LogP contribution in [0.25, 0.3) is 0 Å². The lowest BCUT2D eigenvalue weighted by Crippen LogP contribution is -2.19. The van der Waals surface area contributed by atoms with Crippen molar-refractivity contribution >= 4 is 28.8 Å². The van der Waals surface area contributed by atoms with E-state index in [4.69, 9.17) is 4.99 Å². The molecule has 1 aliphatic carbocycles. The van der Waals surface area contributed by atoms with E-state index in [0.717, 1.165) is 17.1 Å². The zero-order valence-electron chi connectivity index (χ0n) is 11.4. The van der Waals surface area contributed by atoms with Crippen LogP contribution in [0.1, 0.15) is 0 Å². The number of fused-ring (bicyclic) bond motifs is 2. The molecule has 0 saturated heterocycles. The van der Waals surface area contributed by atoms with E-state index in [1.165, 1.54) is 9.80 Å². The summed E-state index contributed by atoms with van der Waals surface area (Å²) in [7, 11) is 0. The van der Waals surface area contributed by atoms with Gasteiger partial charge in [0.2, 0.25) is 0 Å². The van der Waals surface area contributed by atoms with Crippen molar-refractivity contribution in [3.8, 4) is 0 Å². The molecule has 21 heavy (non-hydrogen) atoms. The smallest absolute Gasteiger partial charge is 0.0776 e. The van der Waals surface area contributed by atoms with Crippen LogP contribution in [0.4, 0.5) is 11.4 Å². The van der Waals surface area contributed by atoms with E-state index in [2.05, 4.69) is 53.9 Å². The highest BCUT2D eigenvalue weighted by Crippen LogP contribution is 2.41. The molecule has 2 nitrogen and oxygen atoms in total. The number of hydrogen-bond acceptors (Lipinski definition) is 3. The fraction of sp³-hybridized carbons (Fsp3) is 0.0556. The third-order valence-corrected chi connectivity index (χ3v) is 4.61. The van der Waals surface area contributed by atoms with E-state index < -0.39 is 0 Å². The maximum Gasteiger partial charge on any atom is 0.0776 e. The van der Waals surface area contributed by atoms with Crippen LogP contribution >= 0.6 is 11.8 Å². The predicted octanol–water partition coefficient (Wildman–Crippen LogP) is 4.80. The molecule has 2 aromatic carbocycles. The Labute approximate surface area is 128 Å². The van der Waals surface area contributed by atoms with Crippen molar-refractivity contribution in [1.82, 2.24) is 0 Å². The Morgan fingerprint density at radius 2 is 1.76 bits per heavy atom. The number of nitrogens with one attached hydrogen (secondary N) is 1. The number of aliphatic imine (C=N–C) groups is 1. The maximum absolute atomic E-state index is 4.72. The van der Waals surface area contributed by atoms with Gasteiger partial charge >= 0.3 is 0 Å². The molecule has 102 valence electrons. The van der Waals surface area contributed by atoms with Crippen molar-refractivity contribution in [2.24, 2.45) is 4.99 Å². The summed E-state index contributed by atoms with van der Waals surface area (Å²) in [5.41, 5.74) is 3.25. The summed E-state index contributed by atoms with van der Waals surface area (Å²) >= 11 is 1.79.